The van der Waals surface area contributed by atoms with E-state index < -0.39 is 5.82 Å². The van der Waals surface area contributed by atoms with E-state index in [1.165, 1.54) is 12.3 Å². The number of rotatable bonds is 7. The van der Waals surface area contributed by atoms with Crippen molar-refractivity contribution in [1.29, 1.82) is 0 Å². The van der Waals surface area contributed by atoms with E-state index in [1.54, 1.807) is 6.20 Å². The second-order valence-electron chi connectivity index (χ2n) is 7.71. The molecule has 0 atom stereocenters. The third-order valence-electron chi connectivity index (χ3n) is 4.86. The molecule has 0 amide bonds. The number of aromatic nitrogens is 7. The summed E-state index contributed by atoms with van der Waals surface area (Å²) in [4.78, 5) is 19.9. The van der Waals surface area contributed by atoms with E-state index in [0.717, 1.165) is 36.4 Å². The summed E-state index contributed by atoms with van der Waals surface area (Å²) in [6, 6.07) is 1.44. The zero-order valence-corrected chi connectivity index (χ0v) is 17.7. The Morgan fingerprint density at radius 3 is 2.67 bits per heavy atom. The molecule has 8 nitrogen and oxygen atoms in total. The van der Waals surface area contributed by atoms with Crippen LogP contribution in [0.15, 0.2) is 30.9 Å². The summed E-state index contributed by atoms with van der Waals surface area (Å²) in [6.45, 7) is 6.14. The van der Waals surface area contributed by atoms with Crippen molar-refractivity contribution in [3.8, 4) is 11.4 Å². The summed E-state index contributed by atoms with van der Waals surface area (Å²) < 4.78 is 17.8. The first-order valence-electron chi connectivity index (χ1n) is 9.89. The predicted octanol–water partition coefficient (Wildman–Crippen LogP) is 2.84. The monoisotopic (exact) mass is 408 g/mol. The minimum Gasteiger partial charge on any atom is -0.309 e. The fraction of sp³-hybridized carbons (Fsp3) is 0.381. The lowest BCUT2D eigenvalue weighted by Gasteiger charge is -2.09. The molecule has 0 aromatic carbocycles. The molecule has 30 heavy (non-hydrogen) atoms. The van der Waals surface area contributed by atoms with Gasteiger partial charge in [-0.25, -0.2) is 19.3 Å². The van der Waals surface area contributed by atoms with E-state index in [1.807, 2.05) is 35.5 Å². The average Bonchev–Trinajstić information content (AvgIpc) is 3.27. The van der Waals surface area contributed by atoms with Gasteiger partial charge in [0.15, 0.2) is 5.65 Å². The summed E-state index contributed by atoms with van der Waals surface area (Å²) >= 11 is 0. The number of imidazole rings is 1. The Kier molecular flexibility index (Phi) is 5.54. The molecule has 0 aliphatic carbocycles. The van der Waals surface area contributed by atoms with E-state index in [4.69, 9.17) is 4.98 Å². The molecule has 0 bridgehead atoms. The van der Waals surface area contributed by atoms with E-state index >= 15 is 0 Å². The van der Waals surface area contributed by atoms with Gasteiger partial charge in [-0.05, 0) is 47.0 Å². The highest BCUT2D eigenvalue weighted by atomic mass is 19.1. The smallest absolute Gasteiger partial charge is 0.164 e. The Morgan fingerprint density at radius 1 is 1.07 bits per heavy atom. The summed E-state index contributed by atoms with van der Waals surface area (Å²) in [5, 5.41) is 4.48. The number of halogens is 1. The molecule has 156 valence electrons. The Labute approximate surface area is 174 Å². The van der Waals surface area contributed by atoms with Crippen molar-refractivity contribution >= 4 is 11.2 Å². The maximum atomic E-state index is 13.8. The highest BCUT2D eigenvalue weighted by Crippen LogP contribution is 2.26. The van der Waals surface area contributed by atoms with Crippen LogP contribution in [0.1, 0.15) is 23.5 Å². The van der Waals surface area contributed by atoms with Crippen molar-refractivity contribution in [2.24, 2.45) is 0 Å². The zero-order chi connectivity index (χ0) is 21.3. The molecule has 0 fully saturated rings. The van der Waals surface area contributed by atoms with Crippen molar-refractivity contribution in [3.63, 3.8) is 0 Å². The maximum absolute atomic E-state index is 13.8. The molecule has 9 heteroatoms. The van der Waals surface area contributed by atoms with E-state index in [-0.39, 0.29) is 0 Å². The first-order valence-corrected chi connectivity index (χ1v) is 9.89. The van der Waals surface area contributed by atoms with Gasteiger partial charge in [0.05, 0.1) is 24.6 Å². The van der Waals surface area contributed by atoms with Crippen LogP contribution in [0.3, 0.4) is 0 Å². The number of hydrogen-bond donors (Lipinski definition) is 0. The van der Waals surface area contributed by atoms with Crippen molar-refractivity contribution < 1.29 is 4.39 Å². The largest absolute Gasteiger partial charge is 0.309 e. The Bertz CT molecular complexity index is 1180. The van der Waals surface area contributed by atoms with Gasteiger partial charge in [0.25, 0.3) is 0 Å². The molecule has 0 saturated heterocycles. The number of pyridine rings is 1. The first-order chi connectivity index (χ1) is 14.4. The van der Waals surface area contributed by atoms with E-state index in [0.29, 0.717) is 29.3 Å². The van der Waals surface area contributed by atoms with E-state index in [9.17, 15) is 4.39 Å². The van der Waals surface area contributed by atoms with Gasteiger partial charge < -0.3 is 9.47 Å². The lowest BCUT2D eigenvalue weighted by Crippen LogP contribution is -2.15. The third kappa shape index (κ3) is 4.20. The number of aryl methyl sites for hydroxylation is 3. The second-order valence-corrected chi connectivity index (χ2v) is 7.71. The normalized spacial score (nSPS) is 11.7. The SMILES string of the molecule is Cc1nc(C)c2nc(-c3cncc(F)c3)n(Cc3cnn(CCCN(C)C)c3)c2n1. The van der Waals surface area contributed by atoms with Crippen molar-refractivity contribution in [2.75, 3.05) is 20.6 Å². The lowest BCUT2D eigenvalue weighted by molar-refractivity contribution is 0.380. The van der Waals surface area contributed by atoms with Crippen LogP contribution in [0.5, 0.6) is 0 Å². The van der Waals surface area contributed by atoms with Gasteiger partial charge in [0.1, 0.15) is 23.0 Å². The number of hydrogen-bond acceptors (Lipinski definition) is 6. The predicted molar refractivity (Wildman–Crippen MR) is 112 cm³/mol. The van der Waals surface area contributed by atoms with Crippen LogP contribution in [0.25, 0.3) is 22.6 Å². The van der Waals surface area contributed by atoms with Crippen LogP contribution < -0.4 is 0 Å². The fourth-order valence-corrected chi connectivity index (χ4v) is 3.52. The quantitative estimate of drug-likeness (QED) is 0.468. The molecule has 0 spiro atoms. The van der Waals surface area contributed by atoms with Gasteiger partial charge in [-0.3, -0.25) is 9.67 Å². The molecule has 0 N–H and O–H groups in total. The highest BCUT2D eigenvalue weighted by molar-refractivity contribution is 5.79. The van der Waals surface area contributed by atoms with Crippen molar-refractivity contribution in [3.05, 3.63) is 53.8 Å². The van der Waals surface area contributed by atoms with Gasteiger partial charge in [-0.15, -0.1) is 0 Å². The molecule has 4 aromatic rings. The van der Waals surface area contributed by atoms with Crippen LogP contribution in [-0.4, -0.2) is 59.8 Å². The van der Waals surface area contributed by atoms with Crippen molar-refractivity contribution in [2.45, 2.75) is 33.4 Å². The van der Waals surface area contributed by atoms with Crippen molar-refractivity contribution in [1.82, 2.24) is 39.2 Å². The fourth-order valence-electron chi connectivity index (χ4n) is 3.52. The Morgan fingerprint density at radius 2 is 1.90 bits per heavy atom. The van der Waals surface area contributed by atoms with Gasteiger partial charge in [-0.2, -0.15) is 5.10 Å². The van der Waals surface area contributed by atoms with Crippen LogP contribution in [0.2, 0.25) is 0 Å². The highest BCUT2D eigenvalue weighted by Gasteiger charge is 2.18. The van der Waals surface area contributed by atoms with Crippen LogP contribution in [-0.2, 0) is 13.1 Å². The van der Waals surface area contributed by atoms with Gasteiger partial charge >= 0.3 is 0 Å². The Balaban J connectivity index is 1.72. The molecular weight excluding hydrogens is 383 g/mol. The van der Waals surface area contributed by atoms with Crippen LogP contribution >= 0.6 is 0 Å². The minimum atomic E-state index is -0.404. The maximum Gasteiger partial charge on any atom is 0.164 e. The molecule has 4 heterocycles. The van der Waals surface area contributed by atoms with Gasteiger partial charge in [-0.1, -0.05) is 0 Å². The molecule has 0 aliphatic heterocycles. The topological polar surface area (TPSA) is 77.5 Å². The molecule has 0 aliphatic rings. The molecule has 0 saturated carbocycles. The first kappa shape index (κ1) is 20.1. The zero-order valence-electron chi connectivity index (χ0n) is 17.7. The summed E-state index contributed by atoms with van der Waals surface area (Å²) in [5.74, 6) is 0.878. The number of fused-ring (bicyclic) bond motifs is 1. The van der Waals surface area contributed by atoms with Gasteiger partial charge in [0, 0.05) is 30.1 Å². The summed E-state index contributed by atoms with van der Waals surface area (Å²) in [6.07, 6.45) is 7.71. The Hall–Kier alpha value is -3.20. The molecule has 4 aromatic heterocycles. The van der Waals surface area contributed by atoms with Gasteiger partial charge in [0.2, 0.25) is 0 Å². The van der Waals surface area contributed by atoms with Crippen LogP contribution in [0, 0.1) is 19.7 Å². The third-order valence-corrected chi connectivity index (χ3v) is 4.86. The van der Waals surface area contributed by atoms with E-state index in [2.05, 4.69) is 39.0 Å². The number of nitrogens with zero attached hydrogens (tertiary/aromatic N) is 8. The molecule has 0 radical (unpaired) electrons. The molecule has 0 unspecified atom stereocenters. The standard InChI is InChI=1S/C21H25FN8/c1-14-19-21(26-15(2)25-14)30(20(27-19)17-8-18(22)11-23-10-17)13-16-9-24-29(12-16)7-5-6-28(3)4/h8-12H,5-7,13H2,1-4H3. The molecular formula is C21H25FN8. The summed E-state index contributed by atoms with van der Waals surface area (Å²) in [5.41, 5.74) is 3.85. The molecule has 4 rings (SSSR count). The minimum absolute atomic E-state index is 0.404. The van der Waals surface area contributed by atoms with Crippen LogP contribution in [0.4, 0.5) is 4.39 Å². The summed E-state index contributed by atoms with van der Waals surface area (Å²) in [7, 11) is 4.13. The lowest BCUT2D eigenvalue weighted by atomic mass is 10.2. The second kappa shape index (κ2) is 8.27. The average molecular weight is 408 g/mol.